The number of rotatable bonds is 8. The maximum atomic E-state index is 4.49. The Kier molecular flexibility index (Phi) is 5.28. The van der Waals surface area contributed by atoms with Crippen molar-refractivity contribution in [1.29, 1.82) is 0 Å². The molecule has 0 spiro atoms. The van der Waals surface area contributed by atoms with E-state index in [-0.39, 0.29) is 0 Å². The van der Waals surface area contributed by atoms with Gasteiger partial charge < -0.3 is 20.5 Å². The van der Waals surface area contributed by atoms with Crippen molar-refractivity contribution < 1.29 is 0 Å². The van der Waals surface area contributed by atoms with E-state index in [2.05, 4.69) is 54.9 Å². The van der Waals surface area contributed by atoms with Crippen LogP contribution in [0.25, 0.3) is 10.9 Å². The number of benzene rings is 1. The maximum absolute atomic E-state index is 4.49. The van der Waals surface area contributed by atoms with Gasteiger partial charge in [-0.1, -0.05) is 18.2 Å². The Hall–Kier alpha value is -2.60. The smallest absolute Gasteiger partial charge is 0.224 e. The third-order valence-electron chi connectivity index (χ3n) is 3.87. The first-order chi connectivity index (χ1) is 11.7. The Labute approximate surface area is 142 Å². The highest BCUT2D eigenvalue weighted by Gasteiger charge is 2.03. The Bertz CT molecular complexity index is 780. The summed E-state index contributed by atoms with van der Waals surface area (Å²) in [6.07, 6.45) is 4.80. The highest BCUT2D eigenvalue weighted by Crippen LogP contribution is 2.18. The van der Waals surface area contributed by atoms with Crippen LogP contribution in [-0.4, -0.2) is 53.6 Å². The Morgan fingerprint density at radius 3 is 2.83 bits per heavy atom. The zero-order valence-corrected chi connectivity index (χ0v) is 14.2. The molecule has 0 saturated carbocycles. The standard InChI is InChI=1S/C18H24N6/c1-24(2)12-11-21-18-20-10-8-17(23-18)19-9-7-14-13-22-16-6-4-3-5-15(14)16/h3-6,8,10,13,22H,7,9,11-12H2,1-2H3,(H2,19,20,21,23). The quantitative estimate of drug-likeness (QED) is 0.594. The molecule has 2 aromatic heterocycles. The van der Waals surface area contributed by atoms with Gasteiger partial charge >= 0.3 is 0 Å². The minimum atomic E-state index is 0.661. The van der Waals surface area contributed by atoms with E-state index in [0.29, 0.717) is 5.95 Å². The van der Waals surface area contributed by atoms with Crippen LogP contribution in [0.3, 0.4) is 0 Å². The lowest BCUT2D eigenvalue weighted by Crippen LogP contribution is -2.21. The first kappa shape index (κ1) is 16.3. The number of H-pyrrole nitrogens is 1. The second kappa shape index (κ2) is 7.79. The van der Waals surface area contributed by atoms with Gasteiger partial charge in [0.15, 0.2) is 0 Å². The van der Waals surface area contributed by atoms with Gasteiger partial charge in [-0.05, 0) is 38.2 Å². The normalized spacial score (nSPS) is 11.1. The number of para-hydroxylation sites is 1. The molecule has 6 nitrogen and oxygen atoms in total. The lowest BCUT2D eigenvalue weighted by molar-refractivity contribution is 0.425. The van der Waals surface area contributed by atoms with Crippen molar-refractivity contribution in [3.8, 4) is 0 Å². The lowest BCUT2D eigenvalue weighted by atomic mass is 10.1. The van der Waals surface area contributed by atoms with Gasteiger partial charge in [-0.15, -0.1) is 0 Å². The molecule has 0 amide bonds. The van der Waals surface area contributed by atoms with Crippen LogP contribution in [0, 0.1) is 0 Å². The molecule has 0 atom stereocenters. The summed E-state index contributed by atoms with van der Waals surface area (Å²) in [5, 5.41) is 7.89. The van der Waals surface area contributed by atoms with Crippen molar-refractivity contribution >= 4 is 22.7 Å². The molecule has 0 aliphatic carbocycles. The minimum Gasteiger partial charge on any atom is -0.370 e. The van der Waals surface area contributed by atoms with Crippen LogP contribution in [0.4, 0.5) is 11.8 Å². The summed E-state index contributed by atoms with van der Waals surface area (Å²) >= 11 is 0. The molecule has 24 heavy (non-hydrogen) atoms. The summed E-state index contributed by atoms with van der Waals surface area (Å²) in [6.45, 7) is 2.60. The van der Waals surface area contributed by atoms with Gasteiger partial charge in [-0.3, -0.25) is 0 Å². The number of fused-ring (bicyclic) bond motifs is 1. The third kappa shape index (κ3) is 4.23. The summed E-state index contributed by atoms with van der Waals surface area (Å²) < 4.78 is 0. The number of aromatic nitrogens is 3. The predicted octanol–water partition coefficient (Wildman–Crippen LogP) is 2.59. The van der Waals surface area contributed by atoms with Gasteiger partial charge in [0.1, 0.15) is 5.82 Å². The number of nitrogens with zero attached hydrogens (tertiary/aromatic N) is 3. The fourth-order valence-electron chi connectivity index (χ4n) is 2.60. The van der Waals surface area contributed by atoms with Crippen LogP contribution >= 0.6 is 0 Å². The van der Waals surface area contributed by atoms with Crippen molar-refractivity contribution in [2.24, 2.45) is 0 Å². The monoisotopic (exact) mass is 324 g/mol. The number of hydrogen-bond acceptors (Lipinski definition) is 5. The van der Waals surface area contributed by atoms with Crippen molar-refractivity contribution in [3.63, 3.8) is 0 Å². The van der Waals surface area contributed by atoms with Crippen LogP contribution in [-0.2, 0) is 6.42 Å². The molecule has 6 heteroatoms. The molecule has 3 rings (SSSR count). The van der Waals surface area contributed by atoms with Crippen LogP contribution in [0.2, 0.25) is 0 Å². The average Bonchev–Trinajstić information content (AvgIpc) is 2.98. The number of aromatic amines is 1. The number of hydrogen-bond donors (Lipinski definition) is 3. The van der Waals surface area contributed by atoms with E-state index in [1.54, 1.807) is 6.20 Å². The molecule has 0 aliphatic heterocycles. The van der Waals surface area contributed by atoms with Crippen molar-refractivity contribution in [2.75, 3.05) is 44.4 Å². The molecule has 0 unspecified atom stereocenters. The molecular formula is C18H24N6. The molecular weight excluding hydrogens is 300 g/mol. The third-order valence-corrected chi connectivity index (χ3v) is 3.87. The summed E-state index contributed by atoms with van der Waals surface area (Å²) in [4.78, 5) is 14.2. The van der Waals surface area contributed by atoms with Crippen molar-refractivity contribution in [2.45, 2.75) is 6.42 Å². The van der Waals surface area contributed by atoms with Gasteiger partial charge in [0, 0.05) is 42.9 Å². The molecule has 0 aliphatic rings. The fraction of sp³-hybridized carbons (Fsp3) is 0.333. The average molecular weight is 324 g/mol. The highest BCUT2D eigenvalue weighted by molar-refractivity contribution is 5.83. The van der Waals surface area contributed by atoms with Gasteiger partial charge in [0.2, 0.25) is 5.95 Å². The van der Waals surface area contributed by atoms with E-state index in [1.165, 1.54) is 16.5 Å². The van der Waals surface area contributed by atoms with E-state index in [9.17, 15) is 0 Å². The van der Waals surface area contributed by atoms with E-state index in [1.807, 2.05) is 26.2 Å². The first-order valence-electron chi connectivity index (χ1n) is 8.23. The predicted molar refractivity (Wildman–Crippen MR) is 99.6 cm³/mol. The topological polar surface area (TPSA) is 68.9 Å². The van der Waals surface area contributed by atoms with E-state index in [0.717, 1.165) is 31.9 Å². The van der Waals surface area contributed by atoms with Crippen molar-refractivity contribution in [1.82, 2.24) is 19.9 Å². The second-order valence-electron chi connectivity index (χ2n) is 6.03. The molecule has 3 N–H and O–H groups in total. The van der Waals surface area contributed by atoms with Gasteiger partial charge in [-0.2, -0.15) is 4.98 Å². The molecule has 3 aromatic rings. The molecule has 2 heterocycles. The molecule has 126 valence electrons. The summed E-state index contributed by atoms with van der Waals surface area (Å²) in [6, 6.07) is 10.3. The Morgan fingerprint density at radius 1 is 1.08 bits per heavy atom. The Morgan fingerprint density at radius 2 is 1.96 bits per heavy atom. The van der Waals surface area contributed by atoms with Crippen LogP contribution in [0.15, 0.2) is 42.7 Å². The highest BCUT2D eigenvalue weighted by atomic mass is 15.2. The second-order valence-corrected chi connectivity index (χ2v) is 6.03. The fourth-order valence-corrected chi connectivity index (χ4v) is 2.60. The molecule has 0 fully saturated rings. The van der Waals surface area contributed by atoms with E-state index in [4.69, 9.17) is 0 Å². The molecule has 0 radical (unpaired) electrons. The van der Waals surface area contributed by atoms with Crippen LogP contribution in [0.1, 0.15) is 5.56 Å². The van der Waals surface area contributed by atoms with Gasteiger partial charge in [0.25, 0.3) is 0 Å². The maximum Gasteiger partial charge on any atom is 0.224 e. The molecule has 0 saturated heterocycles. The van der Waals surface area contributed by atoms with Gasteiger partial charge in [0.05, 0.1) is 0 Å². The zero-order chi connectivity index (χ0) is 16.8. The molecule has 1 aromatic carbocycles. The first-order valence-corrected chi connectivity index (χ1v) is 8.23. The van der Waals surface area contributed by atoms with Crippen LogP contribution < -0.4 is 10.6 Å². The molecule has 0 bridgehead atoms. The zero-order valence-electron chi connectivity index (χ0n) is 14.2. The Balaban J connectivity index is 1.53. The number of likely N-dealkylation sites (N-methyl/N-ethyl adjacent to an activating group) is 1. The summed E-state index contributed by atoms with van der Waals surface area (Å²) in [5.41, 5.74) is 2.50. The largest absolute Gasteiger partial charge is 0.370 e. The van der Waals surface area contributed by atoms with Gasteiger partial charge in [-0.25, -0.2) is 4.98 Å². The SMILES string of the molecule is CN(C)CCNc1nccc(NCCc2c[nH]c3ccccc23)n1. The van der Waals surface area contributed by atoms with E-state index < -0.39 is 0 Å². The summed E-state index contributed by atoms with van der Waals surface area (Å²) in [7, 11) is 4.09. The van der Waals surface area contributed by atoms with Crippen molar-refractivity contribution in [3.05, 3.63) is 48.3 Å². The lowest BCUT2D eigenvalue weighted by Gasteiger charge is -2.11. The van der Waals surface area contributed by atoms with E-state index >= 15 is 0 Å². The summed E-state index contributed by atoms with van der Waals surface area (Å²) in [5.74, 6) is 1.51. The number of anilines is 2. The van der Waals surface area contributed by atoms with Crippen LogP contribution in [0.5, 0.6) is 0 Å². The minimum absolute atomic E-state index is 0.661. The number of nitrogens with one attached hydrogen (secondary N) is 3.